The van der Waals surface area contributed by atoms with Crippen LogP contribution >= 0.6 is 22.9 Å². The zero-order valence-corrected chi connectivity index (χ0v) is 12.3. The fourth-order valence-electron chi connectivity index (χ4n) is 1.29. The van der Waals surface area contributed by atoms with Crippen molar-refractivity contribution in [2.24, 2.45) is 0 Å². The monoisotopic (exact) mass is 296 g/mol. The number of hydrogen-bond donors (Lipinski definition) is 1. The van der Waals surface area contributed by atoms with Gasteiger partial charge in [0.15, 0.2) is 5.13 Å². The van der Waals surface area contributed by atoms with E-state index in [4.69, 9.17) is 11.6 Å². The van der Waals surface area contributed by atoms with E-state index >= 15 is 0 Å². The van der Waals surface area contributed by atoms with Crippen molar-refractivity contribution in [1.82, 2.24) is 15.0 Å². The number of thiazole rings is 1. The van der Waals surface area contributed by atoms with Crippen molar-refractivity contribution in [3.63, 3.8) is 0 Å². The van der Waals surface area contributed by atoms with Crippen LogP contribution in [0.2, 0.25) is 5.15 Å². The number of amides is 1. The van der Waals surface area contributed by atoms with Gasteiger partial charge in [-0.3, -0.25) is 15.1 Å². The number of hydrogen-bond acceptors (Lipinski definition) is 5. The average Bonchev–Trinajstić information content (AvgIpc) is 2.77. The summed E-state index contributed by atoms with van der Waals surface area (Å²) in [6.45, 7) is 6.20. The molecule has 0 unspecified atom stereocenters. The zero-order chi connectivity index (χ0) is 14.0. The third-order valence-electron chi connectivity index (χ3n) is 2.33. The molecule has 1 amide bonds. The van der Waals surface area contributed by atoms with Crippen LogP contribution in [0.4, 0.5) is 5.13 Å². The molecule has 19 heavy (non-hydrogen) atoms. The van der Waals surface area contributed by atoms with E-state index in [0.717, 1.165) is 5.69 Å². The molecule has 2 rings (SSSR count). The number of nitrogens with one attached hydrogen (secondary N) is 1. The Morgan fingerprint density at radius 1 is 1.32 bits per heavy atom. The lowest BCUT2D eigenvalue weighted by atomic mass is 9.93. The highest BCUT2D eigenvalue weighted by molar-refractivity contribution is 7.14. The molecule has 7 heteroatoms. The second-order valence-electron chi connectivity index (χ2n) is 4.97. The average molecular weight is 297 g/mol. The van der Waals surface area contributed by atoms with Gasteiger partial charge in [-0.15, -0.1) is 11.3 Å². The first-order chi connectivity index (χ1) is 8.86. The van der Waals surface area contributed by atoms with Crippen molar-refractivity contribution in [3.05, 3.63) is 34.3 Å². The van der Waals surface area contributed by atoms with Crippen molar-refractivity contribution < 1.29 is 4.79 Å². The smallest absolute Gasteiger partial charge is 0.277 e. The quantitative estimate of drug-likeness (QED) is 0.924. The summed E-state index contributed by atoms with van der Waals surface area (Å²) in [5, 5.41) is 5.34. The number of nitrogens with zero attached hydrogens (tertiary/aromatic N) is 3. The van der Waals surface area contributed by atoms with Gasteiger partial charge in [-0.1, -0.05) is 32.4 Å². The molecule has 2 aromatic heterocycles. The van der Waals surface area contributed by atoms with Crippen molar-refractivity contribution >= 4 is 34.0 Å². The number of carbonyl (C=O) groups is 1. The second kappa shape index (κ2) is 5.22. The van der Waals surface area contributed by atoms with Gasteiger partial charge in [-0.05, 0) is 0 Å². The van der Waals surface area contributed by atoms with Crippen LogP contribution in [0.5, 0.6) is 0 Å². The minimum Gasteiger partial charge on any atom is -0.296 e. The zero-order valence-electron chi connectivity index (χ0n) is 10.8. The largest absolute Gasteiger partial charge is 0.296 e. The van der Waals surface area contributed by atoms with Gasteiger partial charge in [-0.25, -0.2) is 9.97 Å². The summed E-state index contributed by atoms with van der Waals surface area (Å²) in [6, 6.07) is 0. The van der Waals surface area contributed by atoms with Crippen molar-refractivity contribution in [3.8, 4) is 0 Å². The number of anilines is 1. The fraction of sp³-hybridized carbons (Fsp3) is 0.333. The van der Waals surface area contributed by atoms with E-state index in [1.807, 2.05) is 5.38 Å². The van der Waals surface area contributed by atoms with E-state index < -0.39 is 0 Å². The summed E-state index contributed by atoms with van der Waals surface area (Å²) in [6.07, 6.45) is 2.74. The Kier molecular flexibility index (Phi) is 3.82. The molecule has 100 valence electrons. The Labute approximate surface area is 120 Å². The molecular weight excluding hydrogens is 284 g/mol. The van der Waals surface area contributed by atoms with Gasteiger partial charge >= 0.3 is 0 Å². The third-order valence-corrected chi connectivity index (χ3v) is 3.27. The highest BCUT2D eigenvalue weighted by Crippen LogP contribution is 2.26. The number of rotatable bonds is 2. The van der Waals surface area contributed by atoms with Crippen molar-refractivity contribution in [2.75, 3.05) is 5.32 Å². The Morgan fingerprint density at radius 2 is 2.05 bits per heavy atom. The first-order valence-corrected chi connectivity index (χ1v) is 6.87. The van der Waals surface area contributed by atoms with Gasteiger partial charge in [0.05, 0.1) is 18.1 Å². The predicted molar refractivity (Wildman–Crippen MR) is 75.8 cm³/mol. The lowest BCUT2D eigenvalue weighted by Gasteiger charge is -2.14. The number of halogens is 1. The van der Waals surface area contributed by atoms with Crippen LogP contribution in [-0.4, -0.2) is 20.9 Å². The minimum atomic E-state index is -0.371. The van der Waals surface area contributed by atoms with Crippen molar-refractivity contribution in [1.29, 1.82) is 0 Å². The van der Waals surface area contributed by atoms with E-state index in [0.29, 0.717) is 5.13 Å². The van der Waals surface area contributed by atoms with Crippen molar-refractivity contribution in [2.45, 2.75) is 26.2 Å². The van der Waals surface area contributed by atoms with Crippen LogP contribution in [0, 0.1) is 0 Å². The van der Waals surface area contributed by atoms with E-state index in [2.05, 4.69) is 41.0 Å². The molecule has 0 aliphatic carbocycles. The maximum atomic E-state index is 11.9. The molecule has 0 radical (unpaired) electrons. The topological polar surface area (TPSA) is 67.8 Å². The molecule has 2 aromatic rings. The Hall–Kier alpha value is -1.53. The molecule has 5 nitrogen and oxygen atoms in total. The minimum absolute atomic E-state index is 0.0463. The SMILES string of the molecule is CC(C)(C)c1csc(NC(=O)c2cncc(Cl)n2)n1. The Bertz CT molecular complexity index is 606. The first kappa shape index (κ1) is 13.9. The highest BCUT2D eigenvalue weighted by atomic mass is 35.5. The predicted octanol–water partition coefficient (Wildman–Crippen LogP) is 3.14. The summed E-state index contributed by atoms with van der Waals surface area (Å²) < 4.78 is 0. The second-order valence-corrected chi connectivity index (χ2v) is 6.21. The lowest BCUT2D eigenvalue weighted by molar-refractivity contribution is 0.102. The molecule has 0 atom stereocenters. The van der Waals surface area contributed by atoms with Crippen LogP contribution in [0.3, 0.4) is 0 Å². The summed E-state index contributed by atoms with van der Waals surface area (Å²) in [7, 11) is 0. The standard InChI is InChI=1S/C12H13ClN4OS/c1-12(2,3)8-6-19-11(16-8)17-10(18)7-4-14-5-9(13)15-7/h4-6H,1-3H3,(H,16,17,18). The van der Waals surface area contributed by atoms with Gasteiger partial charge in [0.2, 0.25) is 0 Å². The molecule has 1 N–H and O–H groups in total. The molecule has 0 saturated carbocycles. The Morgan fingerprint density at radius 3 is 2.63 bits per heavy atom. The van der Waals surface area contributed by atoms with Gasteiger partial charge < -0.3 is 0 Å². The van der Waals surface area contributed by atoms with Gasteiger partial charge in [-0.2, -0.15) is 0 Å². The fourth-order valence-corrected chi connectivity index (χ4v) is 2.37. The molecule has 0 saturated heterocycles. The molecule has 0 aliphatic heterocycles. The third kappa shape index (κ3) is 3.48. The molecule has 0 aromatic carbocycles. The summed E-state index contributed by atoms with van der Waals surface area (Å²) in [4.78, 5) is 24.0. The van der Waals surface area contributed by atoms with E-state index in [9.17, 15) is 4.79 Å². The van der Waals surface area contributed by atoms with Crippen LogP contribution < -0.4 is 5.32 Å². The maximum absolute atomic E-state index is 11.9. The first-order valence-electron chi connectivity index (χ1n) is 5.61. The van der Waals surface area contributed by atoms with Crippen LogP contribution in [0.15, 0.2) is 17.8 Å². The summed E-state index contributed by atoms with van der Waals surface area (Å²) in [5.74, 6) is -0.371. The molecule has 0 bridgehead atoms. The van der Waals surface area contributed by atoms with Crippen LogP contribution in [0.25, 0.3) is 0 Å². The van der Waals surface area contributed by atoms with Gasteiger partial charge in [0, 0.05) is 10.8 Å². The van der Waals surface area contributed by atoms with Crippen LogP contribution in [0.1, 0.15) is 37.0 Å². The van der Waals surface area contributed by atoms with E-state index in [1.165, 1.54) is 23.7 Å². The van der Waals surface area contributed by atoms with E-state index in [-0.39, 0.29) is 22.2 Å². The van der Waals surface area contributed by atoms with Gasteiger partial charge in [0.25, 0.3) is 5.91 Å². The summed E-state index contributed by atoms with van der Waals surface area (Å²) in [5.41, 5.74) is 1.06. The van der Waals surface area contributed by atoms with Crippen LogP contribution in [-0.2, 0) is 5.41 Å². The summed E-state index contributed by atoms with van der Waals surface area (Å²) >= 11 is 7.07. The van der Waals surface area contributed by atoms with E-state index in [1.54, 1.807) is 0 Å². The molecule has 0 aliphatic rings. The molecular formula is C12H13ClN4OS. The molecule has 2 heterocycles. The molecule has 0 fully saturated rings. The number of carbonyl (C=O) groups excluding carboxylic acids is 1. The lowest BCUT2D eigenvalue weighted by Crippen LogP contribution is -2.15. The Balaban J connectivity index is 2.13. The maximum Gasteiger partial charge on any atom is 0.277 e. The molecule has 0 spiro atoms. The highest BCUT2D eigenvalue weighted by Gasteiger charge is 2.18. The number of aromatic nitrogens is 3. The normalized spacial score (nSPS) is 11.4. The van der Waals surface area contributed by atoms with Gasteiger partial charge in [0.1, 0.15) is 10.8 Å².